The van der Waals surface area contributed by atoms with E-state index in [9.17, 15) is 9.59 Å². The van der Waals surface area contributed by atoms with Gasteiger partial charge < -0.3 is 19.3 Å². The van der Waals surface area contributed by atoms with Crippen molar-refractivity contribution >= 4 is 11.8 Å². The van der Waals surface area contributed by atoms with Crippen molar-refractivity contribution in [2.45, 2.75) is 6.04 Å². The van der Waals surface area contributed by atoms with Crippen LogP contribution in [0, 0.1) is 0 Å². The van der Waals surface area contributed by atoms with E-state index in [0.717, 1.165) is 5.56 Å². The summed E-state index contributed by atoms with van der Waals surface area (Å²) in [5.41, 5.74) is 1.38. The van der Waals surface area contributed by atoms with Crippen LogP contribution in [-0.4, -0.2) is 71.8 Å². The van der Waals surface area contributed by atoms with Gasteiger partial charge in [-0.1, -0.05) is 30.3 Å². The standard InChI is InChI=1S/C24H26N4O4/c1-31-20-15-19(16-21(17-20)32-2)23(29)26-11-13-27(14-12-26)24(30)22(28-10-6-9-25-28)18-7-4-3-5-8-18/h3-10,15-17,22H,11-14H2,1-2H3. The molecule has 1 atom stereocenters. The van der Waals surface area contributed by atoms with Gasteiger partial charge in [-0.2, -0.15) is 5.10 Å². The molecule has 1 fully saturated rings. The second-order valence-corrected chi connectivity index (χ2v) is 7.52. The highest BCUT2D eigenvalue weighted by molar-refractivity contribution is 5.95. The lowest BCUT2D eigenvalue weighted by molar-refractivity contribution is -0.135. The largest absolute Gasteiger partial charge is 0.497 e. The third-order valence-electron chi connectivity index (χ3n) is 5.62. The number of piperazine rings is 1. The lowest BCUT2D eigenvalue weighted by Gasteiger charge is -2.36. The van der Waals surface area contributed by atoms with Crippen molar-refractivity contribution in [3.05, 3.63) is 78.1 Å². The van der Waals surface area contributed by atoms with E-state index in [2.05, 4.69) is 5.10 Å². The zero-order valence-electron chi connectivity index (χ0n) is 18.2. The highest BCUT2D eigenvalue weighted by atomic mass is 16.5. The Morgan fingerprint density at radius 1 is 0.875 bits per heavy atom. The molecule has 1 aliphatic heterocycles. The van der Waals surface area contributed by atoms with Crippen LogP contribution >= 0.6 is 0 Å². The Morgan fingerprint density at radius 2 is 1.50 bits per heavy atom. The maximum Gasteiger partial charge on any atom is 0.254 e. The number of rotatable bonds is 6. The maximum atomic E-state index is 13.4. The van der Waals surface area contributed by atoms with E-state index in [-0.39, 0.29) is 11.8 Å². The van der Waals surface area contributed by atoms with E-state index in [1.165, 1.54) is 0 Å². The van der Waals surface area contributed by atoms with Crippen LogP contribution < -0.4 is 9.47 Å². The summed E-state index contributed by atoms with van der Waals surface area (Å²) in [7, 11) is 3.10. The van der Waals surface area contributed by atoms with E-state index in [4.69, 9.17) is 9.47 Å². The first-order valence-corrected chi connectivity index (χ1v) is 10.5. The Kier molecular flexibility index (Phi) is 6.39. The van der Waals surface area contributed by atoms with Gasteiger partial charge in [0.15, 0.2) is 6.04 Å². The van der Waals surface area contributed by atoms with Crippen molar-refractivity contribution in [3.63, 3.8) is 0 Å². The number of nitrogens with zero attached hydrogens (tertiary/aromatic N) is 4. The number of carbonyl (C=O) groups excluding carboxylic acids is 2. The summed E-state index contributed by atoms with van der Waals surface area (Å²) in [6, 6.07) is 16.0. The second-order valence-electron chi connectivity index (χ2n) is 7.52. The van der Waals surface area contributed by atoms with Gasteiger partial charge in [0, 0.05) is 50.2 Å². The number of carbonyl (C=O) groups is 2. The van der Waals surface area contributed by atoms with Crippen LogP contribution in [0.25, 0.3) is 0 Å². The molecule has 0 N–H and O–H groups in total. The van der Waals surface area contributed by atoms with Crippen LogP contribution in [0.15, 0.2) is 67.0 Å². The van der Waals surface area contributed by atoms with Gasteiger partial charge in [0.2, 0.25) is 0 Å². The Balaban J connectivity index is 1.47. The highest BCUT2D eigenvalue weighted by Gasteiger charge is 2.31. The minimum absolute atomic E-state index is 0.0324. The molecule has 1 saturated heterocycles. The SMILES string of the molecule is COc1cc(OC)cc(C(=O)N2CCN(C(=O)C(c3ccccc3)n3cccn3)CC2)c1. The molecule has 1 aromatic heterocycles. The fourth-order valence-corrected chi connectivity index (χ4v) is 3.89. The topological polar surface area (TPSA) is 76.9 Å². The molecule has 4 rings (SSSR count). The first kappa shape index (κ1) is 21.4. The zero-order chi connectivity index (χ0) is 22.5. The molecule has 2 amide bonds. The molecule has 32 heavy (non-hydrogen) atoms. The van der Waals surface area contributed by atoms with Gasteiger partial charge in [0.05, 0.1) is 14.2 Å². The third kappa shape index (κ3) is 4.44. The fraction of sp³-hybridized carbons (Fsp3) is 0.292. The van der Waals surface area contributed by atoms with E-state index >= 15 is 0 Å². The van der Waals surface area contributed by atoms with Crippen LogP contribution in [-0.2, 0) is 4.79 Å². The molecule has 1 unspecified atom stereocenters. The number of hydrogen-bond donors (Lipinski definition) is 0. The Morgan fingerprint density at radius 3 is 2.06 bits per heavy atom. The number of ether oxygens (including phenoxy) is 2. The molecule has 8 heteroatoms. The minimum Gasteiger partial charge on any atom is -0.497 e. The Labute approximate surface area is 187 Å². The molecule has 166 valence electrons. The molecular weight excluding hydrogens is 408 g/mol. The molecule has 1 aliphatic rings. The average molecular weight is 434 g/mol. The summed E-state index contributed by atoms with van der Waals surface area (Å²) in [6.07, 6.45) is 3.47. The lowest BCUT2D eigenvalue weighted by Crippen LogP contribution is -2.52. The van der Waals surface area contributed by atoms with Gasteiger partial charge in [-0.25, -0.2) is 0 Å². The fourth-order valence-electron chi connectivity index (χ4n) is 3.89. The third-order valence-corrected chi connectivity index (χ3v) is 5.62. The summed E-state index contributed by atoms with van der Waals surface area (Å²) in [5.74, 6) is 0.980. The molecule has 2 aromatic carbocycles. The smallest absolute Gasteiger partial charge is 0.254 e. The molecule has 2 heterocycles. The second kappa shape index (κ2) is 9.55. The van der Waals surface area contributed by atoms with Crippen LogP contribution in [0.1, 0.15) is 22.0 Å². The summed E-state index contributed by atoms with van der Waals surface area (Å²) in [4.78, 5) is 30.0. The highest BCUT2D eigenvalue weighted by Crippen LogP contribution is 2.25. The monoisotopic (exact) mass is 434 g/mol. The summed E-state index contributed by atoms with van der Waals surface area (Å²) >= 11 is 0. The van der Waals surface area contributed by atoms with Crippen molar-refractivity contribution in [2.75, 3.05) is 40.4 Å². The predicted molar refractivity (Wildman–Crippen MR) is 119 cm³/mol. The van der Waals surface area contributed by atoms with Gasteiger partial charge in [0.1, 0.15) is 11.5 Å². The number of aromatic nitrogens is 2. The lowest BCUT2D eigenvalue weighted by atomic mass is 10.1. The van der Waals surface area contributed by atoms with E-state index in [1.807, 2.05) is 36.4 Å². The molecule has 0 aliphatic carbocycles. The van der Waals surface area contributed by atoms with Crippen molar-refractivity contribution in [1.82, 2.24) is 19.6 Å². The molecule has 0 bridgehead atoms. The van der Waals surface area contributed by atoms with Crippen LogP contribution in [0.3, 0.4) is 0 Å². The number of amides is 2. The van der Waals surface area contributed by atoms with E-state index in [1.54, 1.807) is 59.3 Å². The molecule has 0 radical (unpaired) electrons. The van der Waals surface area contributed by atoms with Gasteiger partial charge in [-0.3, -0.25) is 14.3 Å². The minimum atomic E-state index is -0.531. The first-order chi connectivity index (χ1) is 15.6. The first-order valence-electron chi connectivity index (χ1n) is 10.5. The molecule has 0 spiro atoms. The van der Waals surface area contributed by atoms with E-state index in [0.29, 0.717) is 43.2 Å². The summed E-state index contributed by atoms with van der Waals surface area (Å²) in [5, 5.41) is 4.31. The zero-order valence-corrected chi connectivity index (χ0v) is 18.2. The van der Waals surface area contributed by atoms with Crippen molar-refractivity contribution < 1.29 is 19.1 Å². The number of benzene rings is 2. The van der Waals surface area contributed by atoms with Crippen LogP contribution in [0.4, 0.5) is 0 Å². The number of hydrogen-bond acceptors (Lipinski definition) is 5. The van der Waals surface area contributed by atoms with Gasteiger partial charge >= 0.3 is 0 Å². The summed E-state index contributed by atoms with van der Waals surface area (Å²) < 4.78 is 12.2. The van der Waals surface area contributed by atoms with E-state index < -0.39 is 6.04 Å². The molecule has 3 aromatic rings. The quantitative estimate of drug-likeness (QED) is 0.596. The van der Waals surface area contributed by atoms with Gasteiger partial charge in [0.25, 0.3) is 11.8 Å². The van der Waals surface area contributed by atoms with Crippen LogP contribution in [0.2, 0.25) is 0 Å². The Bertz CT molecular complexity index is 1040. The van der Waals surface area contributed by atoms with Crippen molar-refractivity contribution in [2.24, 2.45) is 0 Å². The molecule has 8 nitrogen and oxygen atoms in total. The van der Waals surface area contributed by atoms with Gasteiger partial charge in [-0.15, -0.1) is 0 Å². The Hall–Kier alpha value is -3.81. The average Bonchev–Trinajstić information content (AvgIpc) is 3.38. The van der Waals surface area contributed by atoms with Crippen molar-refractivity contribution in [3.8, 4) is 11.5 Å². The molecular formula is C24H26N4O4. The van der Waals surface area contributed by atoms with Gasteiger partial charge in [-0.05, 0) is 23.8 Å². The normalized spacial score (nSPS) is 14.7. The van der Waals surface area contributed by atoms with Crippen LogP contribution in [0.5, 0.6) is 11.5 Å². The number of methoxy groups -OCH3 is 2. The predicted octanol–water partition coefficient (Wildman–Crippen LogP) is 2.47. The maximum absolute atomic E-state index is 13.4. The molecule has 0 saturated carbocycles. The summed E-state index contributed by atoms with van der Waals surface area (Å²) in [6.45, 7) is 1.81. The van der Waals surface area contributed by atoms with Crippen molar-refractivity contribution in [1.29, 1.82) is 0 Å².